The summed E-state index contributed by atoms with van der Waals surface area (Å²) < 4.78 is 0. The van der Waals surface area contributed by atoms with Crippen LogP contribution in [0.25, 0.3) is 0 Å². The molecule has 1 aromatic heterocycles. The monoisotopic (exact) mass is 189 g/mol. The average Bonchev–Trinajstić information content (AvgIpc) is 2.48. The Bertz CT molecular complexity index is 380. The molecule has 0 radical (unpaired) electrons. The fraction of sp³-hybridized carbons (Fsp3) is 0.455. The van der Waals surface area contributed by atoms with E-state index in [0.717, 1.165) is 18.1 Å². The zero-order valence-corrected chi connectivity index (χ0v) is 8.83. The van der Waals surface area contributed by atoms with Gasteiger partial charge >= 0.3 is 0 Å². The van der Waals surface area contributed by atoms with Crippen LogP contribution in [0.3, 0.4) is 0 Å². The minimum Gasteiger partial charge on any atom is -0.367 e. The van der Waals surface area contributed by atoms with Crippen LogP contribution in [-0.2, 0) is 6.54 Å². The Morgan fingerprint density at radius 1 is 1.43 bits per heavy atom. The van der Waals surface area contributed by atoms with E-state index in [1.165, 1.54) is 11.1 Å². The molecule has 1 N–H and O–H groups in total. The third kappa shape index (κ3) is 1.50. The molecular formula is C11H15N3. The standard InChI is InChI=1S/C11H15N3/c1-7(2)14-11-10-8(3)13-6-9(10)4-5-12-11/h4-5,7H,6H2,1-3H3,(H,12,14). The highest BCUT2D eigenvalue weighted by atomic mass is 15.0. The van der Waals surface area contributed by atoms with E-state index in [9.17, 15) is 0 Å². The summed E-state index contributed by atoms with van der Waals surface area (Å²) in [6, 6.07) is 2.45. The van der Waals surface area contributed by atoms with Crippen LogP contribution in [0.2, 0.25) is 0 Å². The van der Waals surface area contributed by atoms with Gasteiger partial charge in [0.1, 0.15) is 5.82 Å². The van der Waals surface area contributed by atoms with E-state index >= 15 is 0 Å². The maximum absolute atomic E-state index is 4.41. The van der Waals surface area contributed by atoms with Gasteiger partial charge in [-0.2, -0.15) is 0 Å². The molecule has 0 fully saturated rings. The van der Waals surface area contributed by atoms with Crippen LogP contribution >= 0.6 is 0 Å². The highest BCUT2D eigenvalue weighted by molar-refractivity contribution is 6.05. The van der Waals surface area contributed by atoms with Crippen molar-refractivity contribution in [1.82, 2.24) is 4.98 Å². The molecule has 0 aromatic carbocycles. The first-order valence-corrected chi connectivity index (χ1v) is 4.94. The predicted octanol–water partition coefficient (Wildman–Crippen LogP) is 2.22. The second-order valence-corrected chi connectivity index (χ2v) is 3.89. The number of aliphatic imine (C=N–C) groups is 1. The molecule has 14 heavy (non-hydrogen) atoms. The van der Waals surface area contributed by atoms with Crippen LogP contribution in [0.5, 0.6) is 0 Å². The molecule has 0 atom stereocenters. The second-order valence-electron chi connectivity index (χ2n) is 3.89. The number of hydrogen-bond donors (Lipinski definition) is 1. The summed E-state index contributed by atoms with van der Waals surface area (Å²) in [5, 5.41) is 3.34. The Hall–Kier alpha value is -1.38. The zero-order chi connectivity index (χ0) is 10.1. The largest absolute Gasteiger partial charge is 0.367 e. The number of nitrogens with one attached hydrogen (secondary N) is 1. The summed E-state index contributed by atoms with van der Waals surface area (Å²) in [7, 11) is 0. The van der Waals surface area contributed by atoms with Crippen molar-refractivity contribution in [3.8, 4) is 0 Å². The molecule has 2 heterocycles. The molecule has 1 aliphatic heterocycles. The Labute approximate surface area is 84.3 Å². The van der Waals surface area contributed by atoms with Crippen molar-refractivity contribution >= 4 is 11.5 Å². The quantitative estimate of drug-likeness (QED) is 0.774. The minimum absolute atomic E-state index is 0.405. The summed E-state index contributed by atoms with van der Waals surface area (Å²) >= 11 is 0. The van der Waals surface area contributed by atoms with Gasteiger partial charge in [-0.05, 0) is 32.4 Å². The number of anilines is 1. The van der Waals surface area contributed by atoms with E-state index in [0.29, 0.717) is 6.04 Å². The molecule has 0 spiro atoms. The Morgan fingerprint density at radius 3 is 2.93 bits per heavy atom. The molecule has 0 amide bonds. The molecule has 2 rings (SSSR count). The van der Waals surface area contributed by atoms with Crippen molar-refractivity contribution in [2.24, 2.45) is 4.99 Å². The van der Waals surface area contributed by atoms with E-state index in [2.05, 4.69) is 29.1 Å². The van der Waals surface area contributed by atoms with Gasteiger partial charge in [0.25, 0.3) is 0 Å². The third-order valence-electron chi connectivity index (χ3n) is 2.31. The van der Waals surface area contributed by atoms with Gasteiger partial charge in [0.2, 0.25) is 0 Å². The molecule has 0 unspecified atom stereocenters. The third-order valence-corrected chi connectivity index (χ3v) is 2.31. The topological polar surface area (TPSA) is 37.3 Å². The smallest absolute Gasteiger partial charge is 0.135 e. The lowest BCUT2D eigenvalue weighted by Gasteiger charge is -2.12. The summed E-state index contributed by atoms with van der Waals surface area (Å²) in [6.07, 6.45) is 1.84. The summed E-state index contributed by atoms with van der Waals surface area (Å²) in [5.41, 5.74) is 3.57. The lowest BCUT2D eigenvalue weighted by atomic mass is 10.1. The Morgan fingerprint density at radius 2 is 2.21 bits per heavy atom. The van der Waals surface area contributed by atoms with Crippen molar-refractivity contribution in [1.29, 1.82) is 0 Å². The average molecular weight is 189 g/mol. The normalized spacial score (nSPS) is 14.1. The number of nitrogens with zero attached hydrogens (tertiary/aromatic N) is 2. The van der Waals surface area contributed by atoms with Gasteiger partial charge in [-0.1, -0.05) is 0 Å². The molecular weight excluding hydrogens is 174 g/mol. The van der Waals surface area contributed by atoms with E-state index in [1.54, 1.807) is 0 Å². The van der Waals surface area contributed by atoms with Crippen molar-refractivity contribution in [3.63, 3.8) is 0 Å². The van der Waals surface area contributed by atoms with Crippen LogP contribution in [0, 0.1) is 0 Å². The summed E-state index contributed by atoms with van der Waals surface area (Å²) in [5.74, 6) is 0.969. The molecule has 74 valence electrons. The molecule has 3 heteroatoms. The lowest BCUT2D eigenvalue weighted by Crippen LogP contribution is -2.14. The van der Waals surface area contributed by atoms with Crippen molar-refractivity contribution in [3.05, 3.63) is 23.4 Å². The molecule has 0 saturated carbocycles. The number of pyridine rings is 1. The first-order chi connectivity index (χ1) is 6.68. The Balaban J connectivity index is 2.42. The SMILES string of the molecule is CC1=NCc2ccnc(NC(C)C)c21. The summed E-state index contributed by atoms with van der Waals surface area (Å²) in [4.78, 5) is 8.76. The fourth-order valence-corrected chi connectivity index (χ4v) is 1.70. The van der Waals surface area contributed by atoms with Crippen LogP contribution in [0.1, 0.15) is 31.9 Å². The van der Waals surface area contributed by atoms with Gasteiger partial charge in [-0.15, -0.1) is 0 Å². The molecule has 1 aliphatic rings. The van der Waals surface area contributed by atoms with Gasteiger partial charge in [0, 0.05) is 23.5 Å². The molecule has 1 aromatic rings. The number of aromatic nitrogens is 1. The van der Waals surface area contributed by atoms with E-state index < -0.39 is 0 Å². The van der Waals surface area contributed by atoms with Gasteiger partial charge < -0.3 is 5.32 Å². The number of rotatable bonds is 2. The van der Waals surface area contributed by atoms with Gasteiger partial charge in [0.15, 0.2) is 0 Å². The van der Waals surface area contributed by atoms with Crippen LogP contribution in [-0.4, -0.2) is 16.7 Å². The fourth-order valence-electron chi connectivity index (χ4n) is 1.70. The molecule has 0 aliphatic carbocycles. The van der Waals surface area contributed by atoms with Crippen LogP contribution in [0.15, 0.2) is 17.3 Å². The first kappa shape index (κ1) is 9.19. The van der Waals surface area contributed by atoms with Crippen LogP contribution < -0.4 is 5.32 Å². The minimum atomic E-state index is 0.405. The van der Waals surface area contributed by atoms with Gasteiger partial charge in [-0.25, -0.2) is 4.98 Å². The number of fused-ring (bicyclic) bond motifs is 1. The van der Waals surface area contributed by atoms with Gasteiger partial charge in [-0.3, -0.25) is 4.99 Å². The van der Waals surface area contributed by atoms with E-state index in [1.807, 2.05) is 19.2 Å². The van der Waals surface area contributed by atoms with Crippen LogP contribution in [0.4, 0.5) is 5.82 Å². The highest BCUT2D eigenvalue weighted by Gasteiger charge is 2.17. The summed E-state index contributed by atoms with van der Waals surface area (Å²) in [6.45, 7) is 7.07. The highest BCUT2D eigenvalue weighted by Crippen LogP contribution is 2.24. The maximum Gasteiger partial charge on any atom is 0.135 e. The molecule has 3 nitrogen and oxygen atoms in total. The second kappa shape index (κ2) is 3.40. The zero-order valence-electron chi connectivity index (χ0n) is 8.83. The van der Waals surface area contributed by atoms with E-state index in [-0.39, 0.29) is 0 Å². The molecule has 0 saturated heterocycles. The Kier molecular flexibility index (Phi) is 2.23. The predicted molar refractivity (Wildman–Crippen MR) is 58.9 cm³/mol. The van der Waals surface area contributed by atoms with Crippen molar-refractivity contribution < 1.29 is 0 Å². The first-order valence-electron chi connectivity index (χ1n) is 4.94. The van der Waals surface area contributed by atoms with Crippen molar-refractivity contribution in [2.75, 3.05) is 5.32 Å². The maximum atomic E-state index is 4.41. The van der Waals surface area contributed by atoms with Gasteiger partial charge in [0.05, 0.1) is 6.54 Å². The van der Waals surface area contributed by atoms with Crippen molar-refractivity contribution in [2.45, 2.75) is 33.4 Å². The molecule has 0 bridgehead atoms. The van der Waals surface area contributed by atoms with E-state index in [4.69, 9.17) is 0 Å². The number of hydrogen-bond acceptors (Lipinski definition) is 3. The lowest BCUT2D eigenvalue weighted by molar-refractivity contribution is 0.887.